The third-order valence-electron chi connectivity index (χ3n) is 0.408. The fraction of sp³-hybridized carbons (Fsp3) is 1.00. The van der Waals surface area contributed by atoms with Crippen LogP contribution in [0.5, 0.6) is 0 Å². The minimum absolute atomic E-state index is 0.719. The Morgan fingerprint density at radius 2 is 1.43 bits per heavy atom. The number of hydrogen-bond acceptors (Lipinski definition) is 2. The Kier molecular flexibility index (Phi) is 24.2. The van der Waals surface area contributed by atoms with Gasteiger partial charge in [0.05, 0.1) is 0 Å². The summed E-state index contributed by atoms with van der Waals surface area (Å²) in [4.78, 5) is 0. The Labute approximate surface area is 56.6 Å². The molecule has 0 atom stereocenters. The van der Waals surface area contributed by atoms with Crippen molar-refractivity contribution in [3.05, 3.63) is 0 Å². The summed E-state index contributed by atoms with van der Waals surface area (Å²) in [5.74, 6) is 0. The van der Waals surface area contributed by atoms with E-state index in [0.29, 0.717) is 0 Å². The maximum absolute atomic E-state index is 5.06. The summed E-state index contributed by atoms with van der Waals surface area (Å²) < 4.78 is 0. The van der Waals surface area contributed by atoms with Crippen LogP contribution in [0.15, 0.2) is 0 Å². The predicted octanol–water partition coefficient (Wildman–Crippen LogP) is -0.0191. The summed E-state index contributed by atoms with van der Waals surface area (Å²) in [5, 5.41) is 0. The summed E-state index contributed by atoms with van der Waals surface area (Å²) in [7, 11) is 4.20. The first-order valence-electron chi connectivity index (χ1n) is 1.93. The molecular formula is C3H10ClCuN2. The van der Waals surface area contributed by atoms with Crippen LogP contribution in [-0.4, -0.2) is 13.1 Å². The normalized spacial score (nSPS) is 7.00. The zero-order chi connectivity index (χ0) is 6.12. The van der Waals surface area contributed by atoms with Crippen LogP contribution in [0.2, 0.25) is 0 Å². The van der Waals surface area contributed by atoms with Gasteiger partial charge in [-0.05, 0) is 19.5 Å². The van der Waals surface area contributed by atoms with Gasteiger partial charge >= 0.3 is 25.2 Å². The summed E-state index contributed by atoms with van der Waals surface area (Å²) in [6.45, 7) is 1.44. The summed E-state index contributed by atoms with van der Waals surface area (Å²) in [6, 6.07) is 0. The van der Waals surface area contributed by atoms with Crippen LogP contribution in [0, 0.1) is 0 Å². The van der Waals surface area contributed by atoms with Gasteiger partial charge in [-0.1, -0.05) is 0 Å². The maximum atomic E-state index is 5.06. The molecule has 0 radical (unpaired) electrons. The molecule has 0 heterocycles. The quantitative estimate of drug-likeness (QED) is 0.576. The van der Waals surface area contributed by atoms with E-state index in [-0.39, 0.29) is 0 Å². The minimum atomic E-state index is 0.719. The fourth-order valence-electron chi connectivity index (χ4n) is 0.118. The van der Waals surface area contributed by atoms with Crippen molar-refractivity contribution in [2.75, 3.05) is 13.1 Å². The van der Waals surface area contributed by atoms with Crippen LogP contribution in [0.4, 0.5) is 0 Å². The average Bonchev–Trinajstić information content (AvgIpc) is 1.75. The molecule has 0 bridgehead atoms. The molecular weight excluding hydrogens is 163 g/mol. The van der Waals surface area contributed by atoms with Gasteiger partial charge in [0.15, 0.2) is 0 Å². The Balaban J connectivity index is 0. The van der Waals surface area contributed by atoms with Gasteiger partial charge < -0.3 is 11.5 Å². The summed E-state index contributed by atoms with van der Waals surface area (Å²) in [5.41, 5.74) is 10.1. The zero-order valence-corrected chi connectivity index (χ0v) is 5.65. The van der Waals surface area contributed by atoms with Crippen LogP contribution in [-0.2, 0) is 15.1 Å². The predicted molar refractivity (Wildman–Crippen MR) is 28.6 cm³/mol. The van der Waals surface area contributed by atoms with Gasteiger partial charge in [-0.3, -0.25) is 0 Å². The molecule has 0 saturated carbocycles. The molecule has 0 fully saturated rings. The van der Waals surface area contributed by atoms with Gasteiger partial charge in [-0.15, -0.1) is 0 Å². The van der Waals surface area contributed by atoms with E-state index in [4.69, 9.17) is 11.5 Å². The molecule has 0 aromatic rings. The Hall–Kier alpha value is 0.729. The standard InChI is InChI=1S/C3H10N2.ClH.Cu/c4-2-1-3-5;;/h1-5H2;1H;/q;;+1/p-1. The molecule has 0 aliphatic carbocycles. The Morgan fingerprint density at radius 3 is 1.43 bits per heavy atom. The molecule has 0 aliphatic heterocycles. The van der Waals surface area contributed by atoms with Crippen molar-refractivity contribution in [3.63, 3.8) is 0 Å². The molecule has 0 aromatic carbocycles. The molecule has 0 amide bonds. The molecule has 7 heavy (non-hydrogen) atoms. The van der Waals surface area contributed by atoms with Crippen molar-refractivity contribution in [3.8, 4) is 0 Å². The number of hydrogen-bond donors (Lipinski definition) is 2. The molecule has 0 aromatic heterocycles. The molecule has 0 unspecified atom stereocenters. The van der Waals surface area contributed by atoms with Crippen molar-refractivity contribution in [1.29, 1.82) is 0 Å². The topological polar surface area (TPSA) is 52.0 Å². The van der Waals surface area contributed by atoms with E-state index in [1.165, 1.54) is 0 Å². The second-order valence-electron chi connectivity index (χ2n) is 0.931. The molecule has 50 valence electrons. The number of nitrogens with two attached hydrogens (primary N) is 2. The van der Waals surface area contributed by atoms with E-state index < -0.39 is 0 Å². The molecule has 0 spiro atoms. The van der Waals surface area contributed by atoms with Crippen molar-refractivity contribution in [2.45, 2.75) is 6.42 Å². The van der Waals surface area contributed by atoms with E-state index >= 15 is 0 Å². The zero-order valence-electron chi connectivity index (χ0n) is 3.96. The van der Waals surface area contributed by atoms with Crippen LogP contribution < -0.4 is 11.5 Å². The van der Waals surface area contributed by atoms with Gasteiger partial charge in [0, 0.05) is 0 Å². The first-order chi connectivity index (χ1) is 3.41. The number of rotatable bonds is 2. The first kappa shape index (κ1) is 10.7. The second-order valence-corrected chi connectivity index (χ2v) is 0.931. The fourth-order valence-corrected chi connectivity index (χ4v) is 0.118. The monoisotopic (exact) mass is 172 g/mol. The van der Waals surface area contributed by atoms with Crippen molar-refractivity contribution in [1.82, 2.24) is 0 Å². The molecule has 0 saturated heterocycles. The van der Waals surface area contributed by atoms with Gasteiger partial charge in [0.25, 0.3) is 0 Å². The van der Waals surface area contributed by atoms with Gasteiger partial charge in [0.2, 0.25) is 0 Å². The van der Waals surface area contributed by atoms with E-state index in [2.05, 4.69) is 25.2 Å². The molecule has 0 aliphatic rings. The van der Waals surface area contributed by atoms with Crippen molar-refractivity contribution in [2.24, 2.45) is 11.5 Å². The van der Waals surface area contributed by atoms with E-state index in [0.717, 1.165) is 19.5 Å². The summed E-state index contributed by atoms with van der Waals surface area (Å²) >= 11 is 3.66. The molecule has 2 nitrogen and oxygen atoms in total. The van der Waals surface area contributed by atoms with Gasteiger partial charge in [-0.25, -0.2) is 0 Å². The Bertz CT molecular complexity index is 20.4. The SMILES string of the molecule is NCCCN.[Cl][Cu]. The van der Waals surface area contributed by atoms with Gasteiger partial charge in [-0.2, -0.15) is 0 Å². The van der Waals surface area contributed by atoms with Crippen molar-refractivity contribution >= 4 is 10.1 Å². The second kappa shape index (κ2) is 15.9. The third kappa shape index (κ3) is 20.2. The van der Waals surface area contributed by atoms with E-state index in [1.54, 1.807) is 0 Å². The van der Waals surface area contributed by atoms with Gasteiger partial charge in [0.1, 0.15) is 0 Å². The summed E-state index contributed by atoms with van der Waals surface area (Å²) in [6.07, 6.45) is 0.944. The number of halogens is 1. The van der Waals surface area contributed by atoms with Crippen LogP contribution in [0.3, 0.4) is 0 Å². The van der Waals surface area contributed by atoms with Crippen molar-refractivity contribution < 1.29 is 15.1 Å². The van der Waals surface area contributed by atoms with E-state index in [9.17, 15) is 0 Å². The molecule has 0 rings (SSSR count). The molecule has 4 heteroatoms. The van der Waals surface area contributed by atoms with Crippen LogP contribution in [0.1, 0.15) is 6.42 Å². The third-order valence-corrected chi connectivity index (χ3v) is 0.408. The first-order valence-corrected chi connectivity index (χ1v) is 3.23. The molecule has 4 N–H and O–H groups in total. The average molecular weight is 173 g/mol. The Morgan fingerprint density at radius 1 is 1.14 bits per heavy atom. The van der Waals surface area contributed by atoms with Crippen LogP contribution in [0.25, 0.3) is 0 Å². The van der Waals surface area contributed by atoms with Crippen LogP contribution >= 0.6 is 10.1 Å². The van der Waals surface area contributed by atoms with E-state index in [1.807, 2.05) is 0 Å².